The number of rotatable bonds is 12. The van der Waals surface area contributed by atoms with Crippen LogP contribution in [-0.4, -0.2) is 9.55 Å². The summed E-state index contributed by atoms with van der Waals surface area (Å²) < 4.78 is 9.02. The van der Waals surface area contributed by atoms with Gasteiger partial charge in [-0.1, -0.05) is 199 Å². The van der Waals surface area contributed by atoms with E-state index in [1.54, 1.807) is 0 Å². The largest absolute Gasteiger partial charge is 0.509 e. The second kappa shape index (κ2) is 19.7. The van der Waals surface area contributed by atoms with Crippen molar-refractivity contribution < 1.29 is 25.8 Å². The molecule has 0 unspecified atom stereocenters. The van der Waals surface area contributed by atoms with Crippen LogP contribution in [0.15, 0.2) is 231 Å². The molecule has 12 rings (SSSR count). The molecule has 75 heavy (non-hydrogen) atoms. The number of pyridine rings is 1. The van der Waals surface area contributed by atoms with Crippen LogP contribution in [0.5, 0.6) is 11.5 Å². The van der Waals surface area contributed by atoms with Crippen molar-refractivity contribution in [1.82, 2.24) is 9.55 Å². The number of benzene rings is 9. The second-order valence-electron chi connectivity index (χ2n) is 21.0. The number of anilines is 4. The van der Waals surface area contributed by atoms with Crippen molar-refractivity contribution in [2.75, 3.05) is 9.80 Å². The Bertz CT molecular complexity index is 3760. The molecule has 1 aliphatic heterocycles. The molecule has 3 heterocycles. The summed E-state index contributed by atoms with van der Waals surface area (Å²) in [6, 6.07) is 87.3. The van der Waals surface area contributed by atoms with E-state index >= 15 is 0 Å². The summed E-state index contributed by atoms with van der Waals surface area (Å²) in [6.45, 7) is 16.0. The number of fused-ring (bicyclic) bond motifs is 4. The van der Waals surface area contributed by atoms with Gasteiger partial charge in [0, 0.05) is 77.6 Å². The molecule has 2 aromatic heterocycles. The Morgan fingerprint density at radius 2 is 0.973 bits per heavy atom. The third-order valence-corrected chi connectivity index (χ3v) is 15.4. The molecule has 1 aliphatic rings. The summed E-state index contributed by atoms with van der Waals surface area (Å²) in [6.07, 6.45) is 1.92. The van der Waals surface area contributed by atoms with Gasteiger partial charge in [0.15, 0.2) is 0 Å². The van der Waals surface area contributed by atoms with Crippen molar-refractivity contribution in [2.45, 2.75) is 57.8 Å². The molecule has 9 aromatic carbocycles. The van der Waals surface area contributed by atoms with Crippen LogP contribution >= 0.6 is 0 Å². The normalized spacial score (nSPS) is 12.7. The minimum absolute atomic E-state index is 0. The minimum atomic E-state index is -0.267. The van der Waals surface area contributed by atoms with E-state index in [1.807, 2.05) is 24.4 Å². The second-order valence-corrected chi connectivity index (χ2v) is 21.0. The van der Waals surface area contributed by atoms with Crippen LogP contribution in [0.4, 0.5) is 22.7 Å². The molecular weight excluding hydrogens is 1100 g/mol. The molecule has 6 heteroatoms. The fourth-order valence-electron chi connectivity index (χ4n) is 10.8. The van der Waals surface area contributed by atoms with Crippen LogP contribution < -0.4 is 14.5 Å². The Kier molecular flexibility index (Phi) is 12.9. The van der Waals surface area contributed by atoms with Crippen molar-refractivity contribution in [1.29, 1.82) is 0 Å². The number of nitrogens with zero attached hydrogens (tertiary/aromatic N) is 4. The van der Waals surface area contributed by atoms with Gasteiger partial charge in [0.25, 0.3) is 0 Å². The molecule has 0 amide bonds. The third kappa shape index (κ3) is 9.04. The van der Waals surface area contributed by atoms with E-state index in [2.05, 4.69) is 281 Å². The van der Waals surface area contributed by atoms with Crippen molar-refractivity contribution in [3.63, 3.8) is 0 Å². The molecule has 0 atom stereocenters. The summed E-state index contributed by atoms with van der Waals surface area (Å²) in [4.78, 5) is 9.56. The molecule has 0 bridgehead atoms. The molecule has 0 N–H and O–H groups in total. The molecule has 0 aliphatic carbocycles. The molecule has 0 fully saturated rings. The van der Waals surface area contributed by atoms with E-state index < -0.39 is 0 Å². The van der Waals surface area contributed by atoms with E-state index in [9.17, 15) is 0 Å². The first-order valence-electron chi connectivity index (χ1n) is 25.5. The van der Waals surface area contributed by atoms with Gasteiger partial charge in [-0.2, -0.15) is 12.1 Å². The third-order valence-electron chi connectivity index (χ3n) is 15.4. The maximum absolute atomic E-state index is 6.79. The van der Waals surface area contributed by atoms with Crippen LogP contribution in [0.3, 0.4) is 0 Å². The monoisotopic (exact) mass is 1150 g/mol. The molecular formula is C69H57N4OPt-3. The average Bonchev–Trinajstić information content (AvgIpc) is 4.00. The van der Waals surface area contributed by atoms with E-state index in [1.165, 1.54) is 33.4 Å². The van der Waals surface area contributed by atoms with E-state index in [4.69, 9.17) is 9.72 Å². The molecule has 0 spiro atoms. The average molecular weight is 1150 g/mol. The Morgan fingerprint density at radius 3 is 1.59 bits per heavy atom. The predicted molar refractivity (Wildman–Crippen MR) is 305 cm³/mol. The first kappa shape index (κ1) is 49.2. The van der Waals surface area contributed by atoms with E-state index in [0.29, 0.717) is 11.5 Å². The van der Waals surface area contributed by atoms with Gasteiger partial charge in [-0.25, -0.2) is 4.98 Å². The van der Waals surface area contributed by atoms with E-state index in [0.717, 1.165) is 61.5 Å². The fraction of sp³-hybridized carbons (Fsp3) is 0.130. The molecule has 5 nitrogen and oxygen atoms in total. The van der Waals surface area contributed by atoms with Gasteiger partial charge in [-0.05, 0) is 92.4 Å². The van der Waals surface area contributed by atoms with Crippen LogP contribution in [0.25, 0.3) is 38.8 Å². The Balaban J connectivity index is 0.00000602. The van der Waals surface area contributed by atoms with E-state index in [-0.39, 0.29) is 37.3 Å². The van der Waals surface area contributed by atoms with Crippen molar-refractivity contribution >= 4 is 44.6 Å². The van der Waals surface area contributed by atoms with Crippen LogP contribution in [0.1, 0.15) is 74.9 Å². The number of hydrogen-bond acceptors (Lipinski definition) is 4. The Morgan fingerprint density at radius 1 is 0.427 bits per heavy atom. The van der Waals surface area contributed by atoms with Crippen molar-refractivity contribution in [3.05, 3.63) is 283 Å². The topological polar surface area (TPSA) is 33.5 Å². The maximum Gasteiger partial charge on any atom is 0.135 e. The number of ether oxygens (including phenoxy) is 1. The van der Waals surface area contributed by atoms with Gasteiger partial charge < -0.3 is 19.1 Å². The molecule has 0 saturated heterocycles. The first-order valence-corrected chi connectivity index (χ1v) is 25.5. The van der Waals surface area contributed by atoms with Crippen LogP contribution in [0, 0.1) is 18.8 Å². The smallest absolute Gasteiger partial charge is 0.135 e. The Hall–Kier alpha value is -7.98. The molecule has 0 radical (unpaired) electrons. The zero-order valence-corrected chi connectivity index (χ0v) is 45.3. The van der Waals surface area contributed by atoms with Gasteiger partial charge in [-0.3, -0.25) is 0 Å². The van der Waals surface area contributed by atoms with Gasteiger partial charge in [-0.15, -0.1) is 48.1 Å². The van der Waals surface area contributed by atoms with Crippen LogP contribution in [0.2, 0.25) is 0 Å². The number of aromatic nitrogens is 2. The summed E-state index contributed by atoms with van der Waals surface area (Å²) in [5, 5.41) is 2.18. The summed E-state index contributed by atoms with van der Waals surface area (Å²) in [7, 11) is 0. The maximum atomic E-state index is 6.79. The molecule has 0 saturated carbocycles. The predicted octanol–water partition coefficient (Wildman–Crippen LogP) is 17.6. The van der Waals surface area contributed by atoms with Crippen molar-refractivity contribution in [3.8, 4) is 28.4 Å². The van der Waals surface area contributed by atoms with Gasteiger partial charge >= 0.3 is 0 Å². The Labute approximate surface area is 456 Å². The summed E-state index contributed by atoms with van der Waals surface area (Å²) >= 11 is 0. The summed E-state index contributed by atoms with van der Waals surface area (Å²) in [5.74, 6) is 1.98. The first-order chi connectivity index (χ1) is 35.9. The van der Waals surface area contributed by atoms with Gasteiger partial charge in [0.05, 0.1) is 0 Å². The van der Waals surface area contributed by atoms with Gasteiger partial charge in [0.2, 0.25) is 0 Å². The molecule has 11 aromatic rings. The van der Waals surface area contributed by atoms with Crippen molar-refractivity contribution in [2.24, 2.45) is 0 Å². The number of para-hydroxylation sites is 2. The van der Waals surface area contributed by atoms with Crippen LogP contribution in [-0.2, 0) is 37.3 Å². The zero-order valence-electron chi connectivity index (χ0n) is 43.0. The standard InChI is InChI=1S/C69H57N4O.Pt/c1-67(2,50-24-13-8-14-25-50)53-38-39-70-66(44-53)73-62-37-34-49(48-22-11-7-12-23-48)40-61(62)60-36-35-59(46-65(60)73)74-58-31-21-30-56(45-58)71-47-72(64-33-20-19-32-63(64)71)57-42-54(68(3,4)51-26-15-9-16-27-51)41-55(43-57)69(5,6)52-28-17-10-18-29-52;/h7-44,47H,1-6H3;/q-3;. The quantitative estimate of drug-likeness (QED) is 0.114. The SMILES string of the molecule is CC(C)(c1ccccc1)c1cc(N2[CH-]N(c3[c-]c(Oc4[c-]c5c(cc4)c4cc(-c6ccccc6)ccc4n5-c4cc(C(C)(C)c5ccccc5)ccn4)ccc3)c3ccccc32)cc(C(C)(C)c2ccccc2)c1.[Pt]. The fourth-order valence-corrected chi connectivity index (χ4v) is 10.8. The van der Waals surface area contributed by atoms with Gasteiger partial charge in [0.1, 0.15) is 5.82 Å². The number of hydrogen-bond donors (Lipinski definition) is 0. The zero-order chi connectivity index (χ0) is 50.6. The minimum Gasteiger partial charge on any atom is -0.509 e. The molecule has 372 valence electrons. The summed E-state index contributed by atoms with van der Waals surface area (Å²) in [5.41, 5.74) is 15.0.